The molecule has 0 aliphatic rings. The Morgan fingerprint density at radius 2 is 1.85 bits per heavy atom. The average Bonchev–Trinajstić information content (AvgIpc) is 2.62. The van der Waals surface area contributed by atoms with Gasteiger partial charge in [-0.3, -0.25) is 0 Å². The maximum atomic E-state index is 10.6. The van der Waals surface area contributed by atoms with Crippen molar-refractivity contribution in [2.24, 2.45) is 0 Å². The quantitative estimate of drug-likeness (QED) is 0.502. The van der Waals surface area contributed by atoms with Gasteiger partial charge in [0.2, 0.25) is 0 Å². The van der Waals surface area contributed by atoms with E-state index in [1.807, 2.05) is 6.92 Å². The van der Waals surface area contributed by atoms with E-state index in [0.717, 1.165) is 5.56 Å². The molecule has 146 valence electrons. The molecule has 0 aliphatic heterocycles. The first-order valence-corrected chi connectivity index (χ1v) is 9.06. The molecule has 0 spiro atoms. The number of phenols is 1. The minimum atomic E-state index is -1.10. The average molecular weight is 414 g/mol. The molecule has 0 radical (unpaired) electrons. The molecular weight excluding hydrogens is 393 g/mol. The highest BCUT2D eigenvalue weighted by molar-refractivity contribution is 6.34. The van der Waals surface area contributed by atoms with E-state index in [9.17, 15) is 15.0 Å². The zero-order chi connectivity index (χ0) is 20.0. The van der Waals surface area contributed by atoms with Crippen LogP contribution in [0.15, 0.2) is 36.4 Å². The standard InChI is InChI=1S/C19H21Cl2NO5/c1-11(19(26)12-2-4-14(23)5-3-12)22-7-6-13-8-16(21)17(9-15(13)20)27-10-18(24)25/h2-5,8-9,11,19,22-23,26H,6-7,10H2,1H3,(H,24,25). The number of aliphatic carboxylic acids is 1. The molecule has 0 aliphatic carbocycles. The van der Waals surface area contributed by atoms with E-state index in [4.69, 9.17) is 33.0 Å². The SMILES string of the molecule is CC(NCCc1cc(Cl)c(OCC(=O)O)cc1Cl)C(O)c1ccc(O)cc1. The summed E-state index contributed by atoms with van der Waals surface area (Å²) in [5.74, 6) is -0.734. The zero-order valence-electron chi connectivity index (χ0n) is 14.7. The highest BCUT2D eigenvalue weighted by Crippen LogP contribution is 2.31. The van der Waals surface area contributed by atoms with Gasteiger partial charge in [-0.25, -0.2) is 4.79 Å². The van der Waals surface area contributed by atoms with Crippen molar-refractivity contribution >= 4 is 29.2 Å². The zero-order valence-corrected chi connectivity index (χ0v) is 16.2. The number of aromatic hydroxyl groups is 1. The van der Waals surface area contributed by atoms with Crippen molar-refractivity contribution in [1.29, 1.82) is 0 Å². The Morgan fingerprint density at radius 3 is 2.48 bits per heavy atom. The molecule has 2 unspecified atom stereocenters. The Balaban J connectivity index is 1.91. The number of carboxylic acid groups (broad SMARTS) is 1. The maximum Gasteiger partial charge on any atom is 0.341 e. The molecule has 0 bridgehead atoms. The molecule has 2 rings (SSSR count). The van der Waals surface area contributed by atoms with Gasteiger partial charge in [-0.05, 0) is 49.2 Å². The van der Waals surface area contributed by atoms with Gasteiger partial charge in [0.15, 0.2) is 6.61 Å². The molecule has 0 fully saturated rings. The molecular formula is C19H21Cl2NO5. The number of nitrogens with one attached hydrogen (secondary N) is 1. The summed E-state index contributed by atoms with van der Waals surface area (Å²) in [5.41, 5.74) is 1.48. The minimum absolute atomic E-state index is 0.147. The molecule has 6 nitrogen and oxygen atoms in total. The monoisotopic (exact) mass is 413 g/mol. The van der Waals surface area contributed by atoms with E-state index in [1.165, 1.54) is 18.2 Å². The number of phenolic OH excluding ortho intramolecular Hbond substituents is 1. The van der Waals surface area contributed by atoms with Crippen molar-refractivity contribution in [3.63, 3.8) is 0 Å². The van der Waals surface area contributed by atoms with Gasteiger partial charge in [0.1, 0.15) is 11.5 Å². The molecule has 2 atom stereocenters. The highest BCUT2D eigenvalue weighted by Gasteiger charge is 2.16. The molecule has 0 saturated carbocycles. The third-order valence-electron chi connectivity index (χ3n) is 4.02. The maximum absolute atomic E-state index is 10.6. The first-order chi connectivity index (χ1) is 12.8. The number of carboxylic acids is 1. The number of hydrogen-bond acceptors (Lipinski definition) is 5. The summed E-state index contributed by atoms with van der Waals surface area (Å²) in [6.45, 7) is 1.90. The molecule has 0 aromatic heterocycles. The van der Waals surface area contributed by atoms with Crippen molar-refractivity contribution < 1.29 is 24.9 Å². The molecule has 8 heteroatoms. The first-order valence-electron chi connectivity index (χ1n) is 8.31. The van der Waals surface area contributed by atoms with Gasteiger partial charge >= 0.3 is 5.97 Å². The third-order valence-corrected chi connectivity index (χ3v) is 4.67. The molecule has 27 heavy (non-hydrogen) atoms. The van der Waals surface area contributed by atoms with E-state index in [0.29, 0.717) is 23.6 Å². The number of hydrogen-bond donors (Lipinski definition) is 4. The van der Waals surface area contributed by atoms with Crippen LogP contribution in [0.4, 0.5) is 0 Å². The largest absolute Gasteiger partial charge is 0.508 e. The Hall–Kier alpha value is -1.99. The number of carbonyl (C=O) groups is 1. The highest BCUT2D eigenvalue weighted by atomic mass is 35.5. The Kier molecular flexibility index (Phi) is 7.74. The lowest BCUT2D eigenvalue weighted by molar-refractivity contribution is -0.139. The number of aliphatic hydroxyl groups excluding tert-OH is 1. The van der Waals surface area contributed by atoms with Gasteiger partial charge in [-0.1, -0.05) is 35.3 Å². The van der Waals surface area contributed by atoms with Crippen LogP contribution >= 0.6 is 23.2 Å². The summed E-state index contributed by atoms with van der Waals surface area (Å²) in [7, 11) is 0. The summed E-state index contributed by atoms with van der Waals surface area (Å²) < 4.78 is 5.08. The fraction of sp³-hybridized carbons (Fsp3) is 0.316. The molecule has 4 N–H and O–H groups in total. The fourth-order valence-electron chi connectivity index (χ4n) is 2.52. The summed E-state index contributed by atoms with van der Waals surface area (Å²) in [5, 5.41) is 32.3. The molecule has 2 aromatic carbocycles. The lowest BCUT2D eigenvalue weighted by atomic mass is 10.0. The summed E-state index contributed by atoms with van der Waals surface area (Å²) in [6.07, 6.45) is -0.166. The predicted octanol–water partition coefficient (Wildman–Crippen LogP) is 3.42. The van der Waals surface area contributed by atoms with E-state index in [2.05, 4.69) is 5.32 Å². The second-order valence-corrected chi connectivity index (χ2v) is 6.90. The van der Waals surface area contributed by atoms with E-state index in [-0.39, 0.29) is 22.6 Å². The van der Waals surface area contributed by atoms with Gasteiger partial charge in [0.05, 0.1) is 11.1 Å². The van der Waals surface area contributed by atoms with E-state index in [1.54, 1.807) is 18.2 Å². The normalized spacial score (nSPS) is 13.2. The Morgan fingerprint density at radius 1 is 1.19 bits per heavy atom. The van der Waals surface area contributed by atoms with Crippen molar-refractivity contribution in [3.8, 4) is 11.5 Å². The van der Waals surface area contributed by atoms with Crippen LogP contribution in [0.2, 0.25) is 10.0 Å². The van der Waals surface area contributed by atoms with Crippen LogP contribution in [0.25, 0.3) is 0 Å². The van der Waals surface area contributed by atoms with Crippen molar-refractivity contribution in [2.75, 3.05) is 13.2 Å². The smallest absolute Gasteiger partial charge is 0.341 e. The predicted molar refractivity (Wildman–Crippen MR) is 104 cm³/mol. The molecule has 0 saturated heterocycles. The number of rotatable bonds is 9. The van der Waals surface area contributed by atoms with Crippen LogP contribution in [-0.4, -0.2) is 40.5 Å². The number of halogens is 2. The molecule has 0 amide bonds. The van der Waals surface area contributed by atoms with Gasteiger partial charge in [-0.2, -0.15) is 0 Å². The van der Waals surface area contributed by atoms with Crippen molar-refractivity contribution in [1.82, 2.24) is 5.32 Å². The van der Waals surface area contributed by atoms with Gasteiger partial charge in [-0.15, -0.1) is 0 Å². The Labute approximate surface area is 167 Å². The second kappa shape index (κ2) is 9.80. The van der Waals surface area contributed by atoms with Gasteiger partial charge in [0.25, 0.3) is 0 Å². The summed E-state index contributed by atoms with van der Waals surface area (Å²) >= 11 is 12.3. The minimum Gasteiger partial charge on any atom is -0.508 e. The lowest BCUT2D eigenvalue weighted by Crippen LogP contribution is -2.33. The third kappa shape index (κ3) is 6.29. The van der Waals surface area contributed by atoms with Crippen LogP contribution in [0, 0.1) is 0 Å². The summed E-state index contributed by atoms with van der Waals surface area (Å²) in [4.78, 5) is 10.6. The van der Waals surface area contributed by atoms with Crippen LogP contribution in [0.1, 0.15) is 24.2 Å². The topological polar surface area (TPSA) is 99.0 Å². The number of benzene rings is 2. The van der Waals surface area contributed by atoms with Crippen LogP contribution in [0.3, 0.4) is 0 Å². The first kappa shape index (κ1) is 21.3. The number of ether oxygens (including phenoxy) is 1. The molecule has 0 heterocycles. The Bertz CT molecular complexity index is 782. The van der Waals surface area contributed by atoms with E-state index >= 15 is 0 Å². The number of aliphatic hydroxyl groups is 1. The van der Waals surface area contributed by atoms with Gasteiger partial charge in [0, 0.05) is 17.1 Å². The van der Waals surface area contributed by atoms with Crippen LogP contribution in [0.5, 0.6) is 11.5 Å². The van der Waals surface area contributed by atoms with E-state index < -0.39 is 18.7 Å². The van der Waals surface area contributed by atoms with Gasteiger partial charge < -0.3 is 25.4 Å². The van der Waals surface area contributed by atoms with Crippen molar-refractivity contribution in [2.45, 2.75) is 25.5 Å². The summed E-state index contributed by atoms with van der Waals surface area (Å²) in [6, 6.07) is 9.32. The van der Waals surface area contributed by atoms with Crippen molar-refractivity contribution in [3.05, 3.63) is 57.6 Å². The fourth-order valence-corrected chi connectivity index (χ4v) is 3.01. The van der Waals surface area contributed by atoms with Crippen LogP contribution in [-0.2, 0) is 11.2 Å². The second-order valence-electron chi connectivity index (χ2n) is 6.09. The lowest BCUT2D eigenvalue weighted by Gasteiger charge is -2.21. The molecule has 2 aromatic rings. The van der Waals surface area contributed by atoms with Crippen LogP contribution < -0.4 is 10.1 Å².